The Hall–Kier alpha value is -2.85. The molecule has 1 unspecified atom stereocenters. The van der Waals surface area contributed by atoms with Crippen LogP contribution in [0.4, 0.5) is 10.1 Å². The first-order chi connectivity index (χ1) is 21.8. The van der Waals surface area contributed by atoms with Gasteiger partial charge in [0.25, 0.3) is 0 Å². The molecule has 5 atom stereocenters. The highest BCUT2D eigenvalue weighted by atomic mass is 35.5. The van der Waals surface area contributed by atoms with Gasteiger partial charge < -0.3 is 35.0 Å². The number of benzene rings is 1. The Labute approximate surface area is 282 Å². The Kier molecular flexibility index (Phi) is 9.08. The Morgan fingerprint density at radius 2 is 1.91 bits per heavy atom. The number of rotatable bonds is 10. The van der Waals surface area contributed by atoms with Crippen LogP contribution < -0.4 is 15.6 Å². The monoisotopic (exact) mass is 710 g/mol. The number of hydrogen-bond donors (Lipinski definition) is 4. The molecule has 4 N–H and O–H groups in total. The highest BCUT2D eigenvalue weighted by Crippen LogP contribution is 2.50. The number of aliphatic hydroxyl groups is 1. The molecule has 2 saturated heterocycles. The summed E-state index contributed by atoms with van der Waals surface area (Å²) in [5.74, 6) is -3.26. The van der Waals surface area contributed by atoms with Gasteiger partial charge in [0.05, 0.1) is 39.7 Å². The minimum absolute atomic E-state index is 0.00209. The maximum Gasteiger partial charge on any atom is 0.353 e. The number of aliphatic carboxylic acids is 1. The Morgan fingerprint density at radius 3 is 2.54 bits per heavy atom. The van der Waals surface area contributed by atoms with Gasteiger partial charge in [-0.25, -0.2) is 14.0 Å². The summed E-state index contributed by atoms with van der Waals surface area (Å²) in [5, 5.41) is 32.7. The molecule has 46 heavy (non-hydrogen) atoms. The van der Waals surface area contributed by atoms with E-state index >= 15 is 4.39 Å². The number of nitrogens with one attached hydrogen (secondary N) is 1. The summed E-state index contributed by atoms with van der Waals surface area (Å²) in [5.41, 5.74) is -0.687. The summed E-state index contributed by atoms with van der Waals surface area (Å²) >= 11 is 15.1. The Morgan fingerprint density at radius 1 is 1.20 bits per heavy atom. The molecular weight excluding hydrogens is 679 g/mol. The number of nitrogens with zero attached hydrogens (tertiary/aromatic N) is 3. The van der Waals surface area contributed by atoms with Crippen molar-refractivity contribution in [3.8, 4) is 0 Å². The lowest BCUT2D eigenvalue weighted by atomic mass is 9.79. The van der Waals surface area contributed by atoms with Gasteiger partial charge in [-0.15, -0.1) is 11.8 Å². The molecule has 2 aromatic rings. The van der Waals surface area contributed by atoms with Crippen LogP contribution in [-0.4, -0.2) is 89.7 Å². The zero-order valence-electron chi connectivity index (χ0n) is 24.9. The Bertz CT molecular complexity index is 1760. The molecule has 1 aromatic heterocycles. The number of aromatic carboxylic acids is 1. The SMILES string of the molecule is C[C@@H]1C(SCCSC(=S)NC2CCN(c3c(F)cc4c(=O)c(C(=O)O)cn(C5CC5)c4c3Cl)C2)=C(C(=O)O)N2C(=O)[C@@H]([C@@H](C)O)[C@H]12. The van der Waals surface area contributed by atoms with Crippen molar-refractivity contribution in [1.82, 2.24) is 14.8 Å². The van der Waals surface area contributed by atoms with Crippen molar-refractivity contribution in [3.05, 3.63) is 49.5 Å². The molecular formula is C30H32ClFN4O7S3. The first-order valence-electron chi connectivity index (χ1n) is 14.9. The normalized spacial score (nSPS) is 24.8. The highest BCUT2D eigenvalue weighted by Gasteiger charge is 2.59. The van der Waals surface area contributed by atoms with Crippen LogP contribution >= 0.6 is 47.3 Å². The standard InChI is InChI=1S/C30H32ClFN4O7S3/c1-12-21-19(13(2)37)27(39)36(21)24(29(42)43)26(12)45-7-8-46-30(44)33-14-5-6-34(10-14)23-18(32)9-16-22(20(23)31)35(15-3-4-15)11-17(25(16)38)28(40)41/h9,11-15,19,21,37H,3-8,10H2,1-2H3,(H,33,44)(H,40,41)(H,42,43)/t12-,13+,14?,19-,21-/m0/s1. The van der Waals surface area contributed by atoms with Crippen LogP contribution in [0.2, 0.25) is 5.02 Å². The van der Waals surface area contributed by atoms with E-state index in [1.165, 1.54) is 34.6 Å². The van der Waals surface area contributed by atoms with Crippen molar-refractivity contribution in [3.63, 3.8) is 0 Å². The van der Waals surface area contributed by atoms with Gasteiger partial charge in [0.15, 0.2) is 0 Å². The second kappa shape index (κ2) is 12.6. The van der Waals surface area contributed by atoms with Crippen LogP contribution in [-0.2, 0) is 9.59 Å². The van der Waals surface area contributed by atoms with Gasteiger partial charge in [-0.1, -0.05) is 42.5 Å². The molecule has 4 aliphatic rings. The molecule has 6 rings (SSSR count). The number of halogens is 2. The molecule has 246 valence electrons. The minimum Gasteiger partial charge on any atom is -0.477 e. The smallest absolute Gasteiger partial charge is 0.353 e. The fourth-order valence-electron chi connectivity index (χ4n) is 6.81. The third-order valence-electron chi connectivity index (χ3n) is 9.07. The number of aliphatic hydroxyl groups excluding tert-OH is 1. The lowest BCUT2D eigenvalue weighted by Gasteiger charge is -2.46. The molecule has 0 radical (unpaired) electrons. The summed E-state index contributed by atoms with van der Waals surface area (Å²) in [7, 11) is 0. The first kappa shape index (κ1) is 33.1. The lowest BCUT2D eigenvalue weighted by molar-refractivity contribution is -0.163. The predicted octanol–water partition coefficient (Wildman–Crippen LogP) is 3.90. The van der Waals surface area contributed by atoms with Crippen LogP contribution in [0.1, 0.15) is 49.5 Å². The predicted molar refractivity (Wildman–Crippen MR) is 179 cm³/mol. The molecule has 1 aromatic carbocycles. The van der Waals surface area contributed by atoms with E-state index in [2.05, 4.69) is 5.32 Å². The molecule has 1 amide bonds. The molecule has 1 saturated carbocycles. The summed E-state index contributed by atoms with van der Waals surface area (Å²) in [4.78, 5) is 52.8. The van der Waals surface area contributed by atoms with Gasteiger partial charge in [-0.2, -0.15) is 0 Å². The zero-order chi connectivity index (χ0) is 33.2. The number of pyridine rings is 1. The minimum atomic E-state index is -1.37. The van der Waals surface area contributed by atoms with E-state index in [4.69, 9.17) is 23.8 Å². The van der Waals surface area contributed by atoms with E-state index in [0.29, 0.717) is 45.8 Å². The molecule has 3 fully saturated rings. The summed E-state index contributed by atoms with van der Waals surface area (Å²) < 4.78 is 17.7. The van der Waals surface area contributed by atoms with Crippen molar-refractivity contribution < 1.29 is 34.1 Å². The number of aromatic nitrogens is 1. The second-order valence-corrected chi connectivity index (χ2v) is 15.4. The number of amides is 1. The molecule has 3 aliphatic heterocycles. The van der Waals surface area contributed by atoms with E-state index in [1.54, 1.807) is 16.4 Å². The Balaban J connectivity index is 1.08. The molecule has 16 heteroatoms. The van der Waals surface area contributed by atoms with Crippen molar-refractivity contribution in [2.45, 2.75) is 57.3 Å². The topological polar surface area (TPSA) is 152 Å². The summed E-state index contributed by atoms with van der Waals surface area (Å²) in [6.07, 6.45) is 2.72. The number of carbonyl (C=O) groups excluding carboxylic acids is 1. The van der Waals surface area contributed by atoms with E-state index in [1.807, 2.05) is 6.92 Å². The van der Waals surface area contributed by atoms with Crippen molar-refractivity contribution in [2.24, 2.45) is 11.8 Å². The van der Waals surface area contributed by atoms with Crippen molar-refractivity contribution >= 4 is 86.1 Å². The molecule has 1 aliphatic carbocycles. The average molecular weight is 711 g/mol. The van der Waals surface area contributed by atoms with Crippen LogP contribution in [0.5, 0.6) is 0 Å². The number of β-lactam (4-membered cyclic amide) rings is 1. The van der Waals surface area contributed by atoms with Gasteiger partial charge in [0, 0.05) is 53.7 Å². The average Bonchev–Trinajstić information content (AvgIpc) is 3.67. The van der Waals surface area contributed by atoms with Gasteiger partial charge in [0.1, 0.15) is 21.4 Å². The first-order valence-corrected chi connectivity index (χ1v) is 17.7. The van der Waals surface area contributed by atoms with Crippen molar-refractivity contribution in [2.75, 3.05) is 29.5 Å². The molecule has 11 nitrogen and oxygen atoms in total. The number of hydrogen-bond acceptors (Lipinski definition) is 9. The van der Waals surface area contributed by atoms with Crippen LogP contribution in [0, 0.1) is 17.7 Å². The lowest BCUT2D eigenvalue weighted by Crippen LogP contribution is -2.63. The highest BCUT2D eigenvalue weighted by molar-refractivity contribution is 8.23. The number of anilines is 1. The maximum atomic E-state index is 15.5. The zero-order valence-corrected chi connectivity index (χ0v) is 28.1. The maximum absolute atomic E-state index is 15.5. The van der Waals surface area contributed by atoms with Gasteiger partial charge in [-0.3, -0.25) is 9.59 Å². The third kappa shape index (κ3) is 5.67. The van der Waals surface area contributed by atoms with Crippen LogP contribution in [0.15, 0.2) is 27.7 Å². The van der Waals surface area contributed by atoms with Crippen LogP contribution in [0.3, 0.4) is 0 Å². The number of carbonyl (C=O) groups is 3. The molecule has 0 bridgehead atoms. The number of thioether (sulfide) groups is 2. The second-order valence-electron chi connectivity index (χ2n) is 12.1. The van der Waals surface area contributed by atoms with Crippen molar-refractivity contribution in [1.29, 1.82) is 0 Å². The summed E-state index contributed by atoms with van der Waals surface area (Å²) in [6, 6.07) is 0.633. The number of carboxylic acid groups (broad SMARTS) is 2. The van der Waals surface area contributed by atoms with E-state index in [9.17, 15) is 34.5 Å². The van der Waals surface area contributed by atoms with Gasteiger partial charge >= 0.3 is 11.9 Å². The van der Waals surface area contributed by atoms with E-state index in [0.717, 1.165) is 18.9 Å². The van der Waals surface area contributed by atoms with Crippen LogP contribution in [0.25, 0.3) is 10.9 Å². The molecule has 0 spiro atoms. The van der Waals surface area contributed by atoms with Gasteiger partial charge in [-0.05, 0) is 32.3 Å². The number of thiocarbonyl (C=S) groups is 1. The number of fused-ring (bicyclic) bond motifs is 2. The van der Waals surface area contributed by atoms with Gasteiger partial charge in [0.2, 0.25) is 11.3 Å². The summed E-state index contributed by atoms with van der Waals surface area (Å²) in [6.45, 7) is 4.31. The van der Waals surface area contributed by atoms with E-state index < -0.39 is 40.8 Å². The number of carboxylic acids is 2. The fraction of sp³-hybridized carbons (Fsp3) is 0.500. The fourth-order valence-corrected chi connectivity index (χ4v) is 9.68. The largest absolute Gasteiger partial charge is 0.477 e. The van der Waals surface area contributed by atoms with E-state index in [-0.39, 0.29) is 51.7 Å². The third-order valence-corrected chi connectivity index (χ3v) is 12.2. The molecule has 4 heterocycles. The quantitative estimate of drug-likeness (QED) is 0.161.